The lowest BCUT2D eigenvalue weighted by atomic mass is 10.1. The van der Waals surface area contributed by atoms with Gasteiger partial charge in [-0.3, -0.25) is 4.99 Å². The van der Waals surface area contributed by atoms with Crippen LogP contribution in [0.5, 0.6) is 0 Å². The average molecular weight is 335 g/mol. The molecule has 0 atom stereocenters. The minimum atomic E-state index is 0.864. The zero-order valence-electron chi connectivity index (χ0n) is 14.2. The summed E-state index contributed by atoms with van der Waals surface area (Å²) < 4.78 is 1.96. The largest absolute Gasteiger partial charge is 0.261 e. The van der Waals surface area contributed by atoms with E-state index < -0.39 is 0 Å². The molecule has 0 unspecified atom stereocenters. The summed E-state index contributed by atoms with van der Waals surface area (Å²) in [5.41, 5.74) is 5.68. The number of aromatic nitrogens is 1. The Morgan fingerprint density at radius 1 is 1.04 bits per heavy atom. The number of hydrogen-bond acceptors (Lipinski definition) is 3. The van der Waals surface area contributed by atoms with Crippen LogP contribution in [0.25, 0.3) is 11.3 Å². The maximum Gasteiger partial charge on any atom is 0.205 e. The number of thiazole rings is 1. The normalized spacial score (nSPS) is 12.6. The SMILES string of the molecule is CCC(=Nn1c(-c2ccc(C)cc2)csc1=NC)c1ccccc1. The topological polar surface area (TPSA) is 29.6 Å². The molecule has 4 heteroatoms. The zero-order valence-corrected chi connectivity index (χ0v) is 15.0. The number of rotatable bonds is 4. The first-order valence-corrected chi connectivity index (χ1v) is 8.94. The van der Waals surface area contributed by atoms with Crippen molar-refractivity contribution in [2.24, 2.45) is 10.1 Å². The van der Waals surface area contributed by atoms with Crippen LogP contribution in [0.1, 0.15) is 24.5 Å². The third kappa shape index (κ3) is 3.39. The number of hydrogen-bond donors (Lipinski definition) is 0. The quantitative estimate of drug-likeness (QED) is 0.618. The molecule has 0 N–H and O–H groups in total. The molecule has 0 aliphatic rings. The fourth-order valence-corrected chi connectivity index (χ4v) is 3.35. The number of nitrogens with zero attached hydrogens (tertiary/aromatic N) is 3. The van der Waals surface area contributed by atoms with Gasteiger partial charge in [0.15, 0.2) is 0 Å². The van der Waals surface area contributed by atoms with E-state index in [2.05, 4.69) is 60.6 Å². The predicted molar refractivity (Wildman–Crippen MR) is 103 cm³/mol. The van der Waals surface area contributed by atoms with Gasteiger partial charge < -0.3 is 0 Å². The molecule has 2 aromatic carbocycles. The van der Waals surface area contributed by atoms with Gasteiger partial charge in [0, 0.05) is 18.0 Å². The Bertz CT molecular complexity index is 900. The first-order valence-electron chi connectivity index (χ1n) is 8.06. The fourth-order valence-electron chi connectivity index (χ4n) is 2.55. The molecule has 1 heterocycles. The maximum absolute atomic E-state index is 4.93. The van der Waals surface area contributed by atoms with E-state index in [4.69, 9.17) is 5.10 Å². The predicted octanol–water partition coefficient (Wildman–Crippen LogP) is 4.72. The standard InChI is InChI=1S/C20H21N3S/c1-4-18(16-8-6-5-7-9-16)22-23-19(14-24-20(23)21-3)17-12-10-15(2)11-13-17/h5-14H,4H2,1-3H3. The molecule has 3 nitrogen and oxygen atoms in total. The van der Waals surface area contributed by atoms with Crippen molar-refractivity contribution < 1.29 is 0 Å². The summed E-state index contributed by atoms with van der Waals surface area (Å²) in [5, 5.41) is 7.05. The Balaban J connectivity index is 2.15. The van der Waals surface area contributed by atoms with E-state index in [1.807, 2.05) is 29.9 Å². The van der Waals surface area contributed by atoms with Crippen molar-refractivity contribution in [1.29, 1.82) is 0 Å². The molecule has 0 bridgehead atoms. The van der Waals surface area contributed by atoms with E-state index in [0.29, 0.717) is 0 Å². The van der Waals surface area contributed by atoms with Crippen LogP contribution in [0.15, 0.2) is 70.1 Å². The van der Waals surface area contributed by atoms with Gasteiger partial charge in [-0.2, -0.15) is 5.10 Å². The molecular weight excluding hydrogens is 314 g/mol. The average Bonchev–Trinajstić information content (AvgIpc) is 3.03. The van der Waals surface area contributed by atoms with Crippen LogP contribution < -0.4 is 4.80 Å². The van der Waals surface area contributed by atoms with Crippen LogP contribution in [0, 0.1) is 6.92 Å². The highest BCUT2D eigenvalue weighted by molar-refractivity contribution is 7.07. The molecule has 0 saturated heterocycles. The van der Waals surface area contributed by atoms with Crippen molar-refractivity contribution in [1.82, 2.24) is 4.68 Å². The number of aryl methyl sites for hydroxylation is 1. The minimum Gasteiger partial charge on any atom is -0.261 e. The third-order valence-electron chi connectivity index (χ3n) is 3.89. The Morgan fingerprint density at radius 3 is 2.38 bits per heavy atom. The molecule has 3 aromatic rings. The van der Waals surface area contributed by atoms with Crippen molar-refractivity contribution in [3.63, 3.8) is 0 Å². The van der Waals surface area contributed by atoms with Crippen LogP contribution in [0.2, 0.25) is 0 Å². The molecule has 24 heavy (non-hydrogen) atoms. The minimum absolute atomic E-state index is 0.864. The first-order chi connectivity index (χ1) is 11.7. The van der Waals surface area contributed by atoms with Gasteiger partial charge in [-0.1, -0.05) is 67.1 Å². The van der Waals surface area contributed by atoms with Crippen LogP contribution in [0.4, 0.5) is 0 Å². The molecule has 0 aliphatic carbocycles. The number of benzene rings is 2. The molecule has 1 aromatic heterocycles. The third-order valence-corrected chi connectivity index (χ3v) is 4.79. The lowest BCUT2D eigenvalue weighted by Gasteiger charge is -2.08. The van der Waals surface area contributed by atoms with E-state index in [1.54, 1.807) is 11.3 Å². The summed E-state index contributed by atoms with van der Waals surface area (Å²) in [7, 11) is 1.81. The van der Waals surface area contributed by atoms with Crippen molar-refractivity contribution in [3.05, 3.63) is 75.9 Å². The fraction of sp³-hybridized carbons (Fsp3) is 0.200. The lowest BCUT2D eigenvalue weighted by Crippen LogP contribution is -2.14. The molecule has 0 radical (unpaired) electrons. The van der Waals surface area contributed by atoms with Gasteiger partial charge in [-0.25, -0.2) is 4.68 Å². The summed E-state index contributed by atoms with van der Waals surface area (Å²) in [6.07, 6.45) is 0.864. The molecule has 122 valence electrons. The van der Waals surface area contributed by atoms with Gasteiger partial charge in [0.1, 0.15) is 0 Å². The molecule has 0 saturated carbocycles. The second kappa shape index (κ2) is 7.41. The molecule has 0 spiro atoms. The van der Waals surface area contributed by atoms with Gasteiger partial charge in [-0.05, 0) is 18.9 Å². The van der Waals surface area contributed by atoms with E-state index in [0.717, 1.165) is 33.8 Å². The van der Waals surface area contributed by atoms with Crippen LogP contribution in [-0.2, 0) is 0 Å². The second-order valence-electron chi connectivity index (χ2n) is 5.57. The van der Waals surface area contributed by atoms with Crippen LogP contribution >= 0.6 is 11.3 Å². The van der Waals surface area contributed by atoms with Gasteiger partial charge >= 0.3 is 0 Å². The van der Waals surface area contributed by atoms with Crippen molar-refractivity contribution in [2.45, 2.75) is 20.3 Å². The summed E-state index contributed by atoms with van der Waals surface area (Å²) >= 11 is 1.61. The van der Waals surface area contributed by atoms with Gasteiger partial charge in [0.05, 0.1) is 11.4 Å². The Morgan fingerprint density at radius 2 is 1.75 bits per heavy atom. The highest BCUT2D eigenvalue weighted by atomic mass is 32.1. The van der Waals surface area contributed by atoms with Crippen LogP contribution in [0.3, 0.4) is 0 Å². The van der Waals surface area contributed by atoms with Crippen molar-refractivity contribution in [2.75, 3.05) is 7.05 Å². The van der Waals surface area contributed by atoms with E-state index in [9.17, 15) is 0 Å². The Hall–Kier alpha value is -2.46. The molecule has 3 rings (SSSR count). The van der Waals surface area contributed by atoms with Gasteiger partial charge in [-0.15, -0.1) is 11.3 Å². The smallest absolute Gasteiger partial charge is 0.205 e. The van der Waals surface area contributed by atoms with Crippen molar-refractivity contribution >= 4 is 17.0 Å². The molecule has 0 fully saturated rings. The maximum atomic E-state index is 4.93. The van der Waals surface area contributed by atoms with E-state index in [-0.39, 0.29) is 0 Å². The molecule has 0 amide bonds. The van der Waals surface area contributed by atoms with Gasteiger partial charge in [0.2, 0.25) is 4.80 Å². The Kier molecular flexibility index (Phi) is 5.06. The van der Waals surface area contributed by atoms with Crippen LogP contribution in [-0.4, -0.2) is 17.4 Å². The van der Waals surface area contributed by atoms with Gasteiger partial charge in [0.25, 0.3) is 0 Å². The summed E-state index contributed by atoms with van der Waals surface area (Å²) in [5.74, 6) is 0. The molecular formula is C20H21N3S. The highest BCUT2D eigenvalue weighted by Crippen LogP contribution is 2.21. The lowest BCUT2D eigenvalue weighted by molar-refractivity contribution is 0.837. The van der Waals surface area contributed by atoms with E-state index in [1.165, 1.54) is 5.56 Å². The molecule has 0 aliphatic heterocycles. The highest BCUT2D eigenvalue weighted by Gasteiger charge is 2.09. The zero-order chi connectivity index (χ0) is 16.9. The summed E-state index contributed by atoms with van der Waals surface area (Å²) in [6.45, 7) is 4.23. The summed E-state index contributed by atoms with van der Waals surface area (Å²) in [4.78, 5) is 5.29. The van der Waals surface area contributed by atoms with Crippen molar-refractivity contribution in [3.8, 4) is 11.3 Å². The second-order valence-corrected chi connectivity index (χ2v) is 6.41. The first kappa shape index (κ1) is 16.4. The van der Waals surface area contributed by atoms with E-state index >= 15 is 0 Å². The Labute approximate surface area is 146 Å². The monoisotopic (exact) mass is 335 g/mol. The summed E-state index contributed by atoms with van der Waals surface area (Å²) in [6, 6.07) is 18.8.